The van der Waals surface area contributed by atoms with E-state index in [4.69, 9.17) is 9.72 Å². The minimum Gasteiger partial charge on any atom is -0.450 e. The number of aryl methyl sites for hydroxylation is 2. The molecule has 2 aromatic rings. The molecular weight excluding hydrogens is 290 g/mol. The van der Waals surface area contributed by atoms with E-state index >= 15 is 0 Å². The summed E-state index contributed by atoms with van der Waals surface area (Å²) in [5.41, 5.74) is 3.49. The average Bonchev–Trinajstić information content (AvgIpc) is 2.56. The van der Waals surface area contributed by atoms with Gasteiger partial charge in [-0.3, -0.25) is 0 Å². The van der Waals surface area contributed by atoms with Gasteiger partial charge >= 0.3 is 6.09 Å². The van der Waals surface area contributed by atoms with E-state index in [1.807, 2.05) is 6.92 Å². The highest BCUT2D eigenvalue weighted by Crippen LogP contribution is 2.25. The Bertz CT molecular complexity index is 722. The lowest BCUT2D eigenvalue weighted by Crippen LogP contribution is -2.49. The van der Waals surface area contributed by atoms with Crippen LogP contribution in [0.3, 0.4) is 0 Å². The van der Waals surface area contributed by atoms with E-state index in [-0.39, 0.29) is 6.09 Å². The molecule has 1 aliphatic heterocycles. The number of nitrogens with zero attached hydrogens (tertiary/aromatic N) is 3. The molecule has 0 spiro atoms. The number of carbonyl (C=O) groups is 1. The summed E-state index contributed by atoms with van der Waals surface area (Å²) in [4.78, 5) is 20.6. The number of piperazine rings is 1. The molecule has 1 fully saturated rings. The number of pyridine rings is 1. The normalized spacial score (nSPS) is 15.1. The highest BCUT2D eigenvalue weighted by atomic mass is 16.6. The third kappa shape index (κ3) is 3.09. The maximum atomic E-state index is 11.8. The van der Waals surface area contributed by atoms with E-state index in [9.17, 15) is 4.79 Å². The first-order valence-electron chi connectivity index (χ1n) is 8.13. The summed E-state index contributed by atoms with van der Waals surface area (Å²) in [6, 6.07) is 8.43. The van der Waals surface area contributed by atoms with Gasteiger partial charge in [-0.2, -0.15) is 0 Å². The van der Waals surface area contributed by atoms with Crippen molar-refractivity contribution in [1.82, 2.24) is 9.88 Å². The van der Waals surface area contributed by atoms with Crippen molar-refractivity contribution in [1.29, 1.82) is 0 Å². The van der Waals surface area contributed by atoms with E-state index in [0.717, 1.165) is 24.4 Å². The molecule has 23 heavy (non-hydrogen) atoms. The molecule has 0 aliphatic carbocycles. The van der Waals surface area contributed by atoms with Crippen LogP contribution in [-0.4, -0.2) is 48.8 Å². The molecule has 1 aromatic carbocycles. The number of ether oxygens (including phenoxy) is 1. The molecule has 0 unspecified atom stereocenters. The molecule has 3 rings (SSSR count). The Balaban J connectivity index is 1.80. The second-order valence-corrected chi connectivity index (χ2v) is 5.94. The van der Waals surface area contributed by atoms with Gasteiger partial charge in [0.1, 0.15) is 5.82 Å². The Kier molecular flexibility index (Phi) is 4.37. The zero-order valence-corrected chi connectivity index (χ0v) is 14.0. The van der Waals surface area contributed by atoms with Gasteiger partial charge in [-0.1, -0.05) is 18.2 Å². The lowest BCUT2D eigenvalue weighted by molar-refractivity contribution is 0.105. The molecule has 0 N–H and O–H groups in total. The Morgan fingerprint density at radius 2 is 1.91 bits per heavy atom. The van der Waals surface area contributed by atoms with Gasteiger partial charge in [0.05, 0.1) is 12.1 Å². The predicted octanol–water partition coefficient (Wildman–Crippen LogP) is 3.13. The van der Waals surface area contributed by atoms with Crippen LogP contribution >= 0.6 is 0 Å². The molecule has 0 atom stereocenters. The highest BCUT2D eigenvalue weighted by molar-refractivity contribution is 5.86. The van der Waals surface area contributed by atoms with E-state index in [1.54, 1.807) is 4.90 Å². The van der Waals surface area contributed by atoms with Crippen LogP contribution in [0, 0.1) is 13.8 Å². The standard InChI is InChI=1S/C18H23N3O2/c1-4-23-18(22)21-10-8-20(9-11-21)16-12-14(3)15-7-5-6-13(2)17(15)19-16/h5-7,12H,4,8-11H2,1-3H3. The number of rotatable bonds is 2. The quantitative estimate of drug-likeness (QED) is 0.854. The van der Waals surface area contributed by atoms with Gasteiger partial charge in [0.2, 0.25) is 0 Å². The Labute approximate surface area is 136 Å². The topological polar surface area (TPSA) is 45.7 Å². The van der Waals surface area contributed by atoms with Gasteiger partial charge in [-0.05, 0) is 38.0 Å². The molecule has 122 valence electrons. The van der Waals surface area contributed by atoms with Crippen LogP contribution in [0.5, 0.6) is 0 Å². The fourth-order valence-corrected chi connectivity index (χ4v) is 3.04. The Morgan fingerprint density at radius 3 is 2.61 bits per heavy atom. The number of anilines is 1. The maximum absolute atomic E-state index is 11.8. The molecular formula is C18H23N3O2. The minimum absolute atomic E-state index is 0.217. The molecule has 1 aromatic heterocycles. The summed E-state index contributed by atoms with van der Waals surface area (Å²) in [5, 5.41) is 1.21. The third-order valence-corrected chi connectivity index (χ3v) is 4.36. The minimum atomic E-state index is -0.217. The second kappa shape index (κ2) is 6.44. The lowest BCUT2D eigenvalue weighted by Gasteiger charge is -2.35. The first-order valence-corrected chi connectivity index (χ1v) is 8.13. The fraction of sp³-hybridized carbons (Fsp3) is 0.444. The summed E-state index contributed by atoms with van der Waals surface area (Å²) >= 11 is 0. The molecule has 0 radical (unpaired) electrons. The number of hydrogen-bond donors (Lipinski definition) is 0. The first-order chi connectivity index (χ1) is 11.1. The Morgan fingerprint density at radius 1 is 1.17 bits per heavy atom. The van der Waals surface area contributed by atoms with Crippen molar-refractivity contribution >= 4 is 22.8 Å². The molecule has 5 heteroatoms. The molecule has 1 saturated heterocycles. The van der Waals surface area contributed by atoms with Crippen molar-refractivity contribution < 1.29 is 9.53 Å². The smallest absolute Gasteiger partial charge is 0.409 e. The number of fused-ring (bicyclic) bond motifs is 1. The fourth-order valence-electron chi connectivity index (χ4n) is 3.04. The van der Waals surface area contributed by atoms with E-state index < -0.39 is 0 Å². The predicted molar refractivity (Wildman–Crippen MR) is 92.0 cm³/mol. The monoisotopic (exact) mass is 313 g/mol. The molecule has 5 nitrogen and oxygen atoms in total. The number of para-hydroxylation sites is 1. The van der Waals surface area contributed by atoms with Crippen molar-refractivity contribution in [3.8, 4) is 0 Å². The van der Waals surface area contributed by atoms with Crippen LogP contribution in [0.2, 0.25) is 0 Å². The van der Waals surface area contributed by atoms with Gasteiger partial charge in [0, 0.05) is 31.6 Å². The second-order valence-electron chi connectivity index (χ2n) is 5.94. The molecule has 0 saturated carbocycles. The largest absolute Gasteiger partial charge is 0.450 e. The van der Waals surface area contributed by atoms with E-state index in [2.05, 4.69) is 43.0 Å². The zero-order valence-electron chi connectivity index (χ0n) is 14.0. The van der Waals surface area contributed by atoms with E-state index in [1.165, 1.54) is 16.5 Å². The summed E-state index contributed by atoms with van der Waals surface area (Å²) < 4.78 is 5.07. The number of amides is 1. The summed E-state index contributed by atoms with van der Waals surface area (Å²) in [5.74, 6) is 0.993. The van der Waals surface area contributed by atoms with Crippen molar-refractivity contribution in [2.45, 2.75) is 20.8 Å². The Hall–Kier alpha value is -2.30. The lowest BCUT2D eigenvalue weighted by atomic mass is 10.1. The summed E-state index contributed by atoms with van der Waals surface area (Å²) in [6.45, 7) is 9.38. The number of carbonyl (C=O) groups excluding carboxylic acids is 1. The first kappa shape index (κ1) is 15.6. The molecule has 2 heterocycles. The van der Waals surface area contributed by atoms with Crippen molar-refractivity contribution in [2.75, 3.05) is 37.7 Å². The summed E-state index contributed by atoms with van der Waals surface area (Å²) in [7, 11) is 0. The van der Waals surface area contributed by atoms with Crippen LogP contribution in [0.1, 0.15) is 18.1 Å². The maximum Gasteiger partial charge on any atom is 0.409 e. The molecule has 1 aliphatic rings. The number of hydrogen-bond acceptors (Lipinski definition) is 4. The van der Waals surface area contributed by atoms with Crippen LogP contribution in [0.15, 0.2) is 24.3 Å². The average molecular weight is 313 g/mol. The summed E-state index contributed by atoms with van der Waals surface area (Å²) in [6.07, 6.45) is -0.217. The SMILES string of the molecule is CCOC(=O)N1CCN(c2cc(C)c3cccc(C)c3n2)CC1. The molecule has 1 amide bonds. The highest BCUT2D eigenvalue weighted by Gasteiger charge is 2.23. The van der Waals surface area contributed by atoms with Gasteiger partial charge in [-0.25, -0.2) is 9.78 Å². The van der Waals surface area contributed by atoms with Crippen molar-refractivity contribution in [3.63, 3.8) is 0 Å². The van der Waals surface area contributed by atoms with Crippen LogP contribution < -0.4 is 4.90 Å². The van der Waals surface area contributed by atoms with Crippen LogP contribution in [0.4, 0.5) is 10.6 Å². The molecule has 0 bridgehead atoms. The van der Waals surface area contributed by atoms with Gasteiger partial charge in [0.15, 0.2) is 0 Å². The number of aromatic nitrogens is 1. The van der Waals surface area contributed by atoms with Gasteiger partial charge in [-0.15, -0.1) is 0 Å². The van der Waals surface area contributed by atoms with Crippen LogP contribution in [0.25, 0.3) is 10.9 Å². The number of benzene rings is 1. The third-order valence-electron chi connectivity index (χ3n) is 4.36. The zero-order chi connectivity index (χ0) is 16.4. The van der Waals surface area contributed by atoms with Crippen molar-refractivity contribution in [3.05, 3.63) is 35.4 Å². The van der Waals surface area contributed by atoms with E-state index in [0.29, 0.717) is 19.7 Å². The van der Waals surface area contributed by atoms with Gasteiger partial charge < -0.3 is 14.5 Å². The van der Waals surface area contributed by atoms with Crippen LogP contribution in [-0.2, 0) is 4.74 Å². The van der Waals surface area contributed by atoms with Gasteiger partial charge in [0.25, 0.3) is 0 Å². The van der Waals surface area contributed by atoms with Crippen molar-refractivity contribution in [2.24, 2.45) is 0 Å².